The number of carbonyl (C=O) groups excluding carboxylic acids is 1. The summed E-state index contributed by atoms with van der Waals surface area (Å²) in [6, 6.07) is 0. The first kappa shape index (κ1) is 57.9. The Bertz CT molecular complexity index is 1120. The molecule has 13 heteroatoms. The van der Waals surface area contributed by atoms with Crippen LogP contribution in [0.25, 0.3) is 0 Å². The molecule has 0 aromatic heterocycles. The Morgan fingerprint density at radius 1 is 0.607 bits per heavy atom. The summed E-state index contributed by atoms with van der Waals surface area (Å²) in [5.74, 6) is -0.397. The molecule has 1 saturated heterocycles. The van der Waals surface area contributed by atoms with Crippen molar-refractivity contribution in [3.63, 3.8) is 0 Å². The van der Waals surface area contributed by atoms with Crippen molar-refractivity contribution in [3.05, 3.63) is 12.2 Å². The summed E-state index contributed by atoms with van der Waals surface area (Å²) in [6.07, 6.45) is 35.2. The third kappa shape index (κ3) is 33.9. The van der Waals surface area contributed by atoms with Gasteiger partial charge in [-0.05, 0) is 38.5 Å². The minimum absolute atomic E-state index is 0.0413. The van der Waals surface area contributed by atoms with Crippen molar-refractivity contribution in [2.45, 2.75) is 263 Å². The number of hydrogen-bond acceptors (Lipinski definition) is 11. The van der Waals surface area contributed by atoms with Crippen molar-refractivity contribution >= 4 is 16.4 Å². The Labute approximate surface area is 372 Å². The maximum Gasteiger partial charge on any atom is 0.397 e. The lowest BCUT2D eigenvalue weighted by molar-refractivity contribution is -0.301. The third-order valence-electron chi connectivity index (χ3n) is 11.6. The monoisotopic (exact) mass is 893 g/mol. The van der Waals surface area contributed by atoms with E-state index in [1.54, 1.807) is 0 Å². The first-order valence-electron chi connectivity index (χ1n) is 24.9. The van der Waals surface area contributed by atoms with E-state index in [0.717, 1.165) is 38.5 Å². The molecule has 0 aromatic rings. The van der Waals surface area contributed by atoms with Crippen LogP contribution in [-0.4, -0.2) is 97.5 Å². The lowest BCUT2D eigenvalue weighted by Gasteiger charge is -2.41. The van der Waals surface area contributed by atoms with Crippen LogP contribution in [0, 0.1) is 0 Å². The second-order valence-electron chi connectivity index (χ2n) is 17.4. The van der Waals surface area contributed by atoms with Crippen LogP contribution in [0.1, 0.15) is 226 Å². The minimum Gasteiger partial charge on any atom is -0.457 e. The van der Waals surface area contributed by atoms with Crippen LogP contribution in [0.3, 0.4) is 0 Å². The van der Waals surface area contributed by atoms with Crippen molar-refractivity contribution in [1.29, 1.82) is 0 Å². The largest absolute Gasteiger partial charge is 0.457 e. The van der Waals surface area contributed by atoms with Crippen LogP contribution in [0.2, 0.25) is 0 Å². The third-order valence-corrected chi connectivity index (χ3v) is 12.1. The molecule has 1 aliphatic heterocycles. The van der Waals surface area contributed by atoms with Gasteiger partial charge in [-0.15, -0.1) is 0 Å². The smallest absolute Gasteiger partial charge is 0.397 e. The summed E-state index contributed by atoms with van der Waals surface area (Å²) in [5.41, 5.74) is 0. The molecular weight excluding hydrogens is 801 g/mol. The molecule has 0 spiro atoms. The topological polar surface area (TPSA) is 178 Å². The molecule has 1 fully saturated rings. The van der Waals surface area contributed by atoms with Crippen molar-refractivity contribution in [1.82, 2.24) is 0 Å². The molecule has 1 heterocycles. The molecule has 1 rings (SSSR count). The first-order chi connectivity index (χ1) is 29.6. The first-order valence-corrected chi connectivity index (χ1v) is 26.3. The molecular formula is C48H92O12S. The number of hydrogen-bond donors (Lipinski definition) is 4. The molecule has 0 bridgehead atoms. The lowest BCUT2D eigenvalue weighted by Crippen LogP contribution is -2.60. The normalized spacial score (nSPS) is 20.1. The Hall–Kier alpha value is -1.16. The van der Waals surface area contributed by atoms with E-state index in [1.165, 1.54) is 161 Å². The molecule has 0 radical (unpaired) electrons. The van der Waals surface area contributed by atoms with Gasteiger partial charge in [0.15, 0.2) is 6.29 Å². The zero-order valence-electron chi connectivity index (χ0n) is 38.7. The Morgan fingerprint density at radius 2 is 1.03 bits per heavy atom. The Balaban J connectivity index is 2.37. The number of ether oxygens (including phenoxy) is 4. The van der Waals surface area contributed by atoms with Crippen molar-refractivity contribution < 1.29 is 56.2 Å². The van der Waals surface area contributed by atoms with E-state index in [0.29, 0.717) is 13.0 Å². The Morgan fingerprint density at radius 3 is 1.48 bits per heavy atom. The number of carbonyl (C=O) groups is 1. The van der Waals surface area contributed by atoms with Crippen LogP contribution in [0.15, 0.2) is 12.2 Å². The van der Waals surface area contributed by atoms with E-state index in [-0.39, 0.29) is 19.6 Å². The summed E-state index contributed by atoms with van der Waals surface area (Å²) in [6.45, 7) is 4.03. The predicted molar refractivity (Wildman–Crippen MR) is 244 cm³/mol. The predicted octanol–water partition coefficient (Wildman–Crippen LogP) is 11.0. The van der Waals surface area contributed by atoms with Gasteiger partial charge in [-0.3, -0.25) is 9.35 Å². The molecule has 6 unspecified atom stereocenters. The summed E-state index contributed by atoms with van der Waals surface area (Å²) in [7, 11) is -5.06. The molecule has 362 valence electrons. The van der Waals surface area contributed by atoms with Crippen molar-refractivity contribution in [2.75, 3.05) is 26.4 Å². The van der Waals surface area contributed by atoms with Gasteiger partial charge in [0, 0.05) is 13.0 Å². The van der Waals surface area contributed by atoms with E-state index in [1.807, 2.05) is 0 Å². The van der Waals surface area contributed by atoms with Gasteiger partial charge in [0.1, 0.15) is 30.5 Å². The fourth-order valence-corrected chi connectivity index (χ4v) is 8.35. The zero-order chi connectivity index (χ0) is 44.7. The number of rotatable bonds is 44. The molecule has 61 heavy (non-hydrogen) atoms. The molecule has 6 atom stereocenters. The highest BCUT2D eigenvalue weighted by atomic mass is 32.3. The van der Waals surface area contributed by atoms with Crippen LogP contribution in [0.5, 0.6) is 0 Å². The standard InChI is InChI=1S/C48H92O12S/c1-3-5-7-9-11-13-15-17-19-20-21-22-23-25-27-29-31-33-35-37-44(50)58-42(41-57-48-46(52)47(60-61(53,54)55)45(51)43(39-49)59-48)40-56-38-36-34-32-30-28-26-24-18-16-14-12-10-8-6-4-2/h17,19,42-43,45-49,51-52H,3-16,18,20-41H2,1-2H3,(H,53,54,55)/b19-17-. The maximum atomic E-state index is 12.9. The lowest BCUT2D eigenvalue weighted by atomic mass is 9.99. The number of esters is 1. The molecule has 0 aromatic carbocycles. The van der Waals surface area contributed by atoms with E-state index in [9.17, 15) is 33.1 Å². The molecule has 0 aliphatic carbocycles. The van der Waals surface area contributed by atoms with E-state index < -0.39 is 59.8 Å². The maximum absolute atomic E-state index is 12.9. The second kappa shape index (κ2) is 40.4. The average Bonchev–Trinajstić information content (AvgIpc) is 3.23. The van der Waals surface area contributed by atoms with Gasteiger partial charge >= 0.3 is 16.4 Å². The van der Waals surface area contributed by atoms with Gasteiger partial charge in [-0.1, -0.05) is 193 Å². The highest BCUT2D eigenvalue weighted by Gasteiger charge is 2.48. The Kier molecular flexibility index (Phi) is 38.3. The summed E-state index contributed by atoms with van der Waals surface area (Å²) < 4.78 is 59.2. The van der Waals surface area contributed by atoms with Gasteiger partial charge < -0.3 is 34.3 Å². The zero-order valence-corrected chi connectivity index (χ0v) is 39.6. The van der Waals surface area contributed by atoms with Crippen LogP contribution < -0.4 is 0 Å². The van der Waals surface area contributed by atoms with Crippen molar-refractivity contribution in [3.8, 4) is 0 Å². The number of allylic oxidation sites excluding steroid dienone is 2. The summed E-state index contributed by atoms with van der Waals surface area (Å²) in [4.78, 5) is 12.9. The average molecular weight is 893 g/mol. The van der Waals surface area contributed by atoms with E-state index >= 15 is 0 Å². The molecule has 12 nitrogen and oxygen atoms in total. The highest BCUT2D eigenvalue weighted by Crippen LogP contribution is 2.26. The number of unbranched alkanes of at least 4 members (excludes halogenated alkanes) is 29. The summed E-state index contributed by atoms with van der Waals surface area (Å²) >= 11 is 0. The van der Waals surface area contributed by atoms with Crippen LogP contribution in [0.4, 0.5) is 0 Å². The van der Waals surface area contributed by atoms with Crippen LogP contribution >= 0.6 is 0 Å². The molecule has 4 N–H and O–H groups in total. The SMILES string of the molecule is CCCCCCCC/C=C\CCCCCCCCCCCC(=O)OC(COCCCCCCCCCCCCCCCCC)COC1OC(CO)C(O)C(OS(=O)(=O)O)C1O. The van der Waals surface area contributed by atoms with Gasteiger partial charge in [0.2, 0.25) is 0 Å². The fourth-order valence-electron chi connectivity index (χ4n) is 7.85. The molecule has 0 amide bonds. The molecule has 0 saturated carbocycles. The number of aliphatic hydroxyl groups is 3. The van der Waals surface area contributed by atoms with E-state index in [2.05, 4.69) is 30.2 Å². The summed E-state index contributed by atoms with van der Waals surface area (Å²) in [5, 5.41) is 30.7. The van der Waals surface area contributed by atoms with Gasteiger partial charge in [0.05, 0.1) is 19.8 Å². The minimum atomic E-state index is -5.06. The fraction of sp³-hybridized carbons (Fsp3) is 0.938. The van der Waals surface area contributed by atoms with E-state index in [4.69, 9.17) is 18.9 Å². The number of aliphatic hydroxyl groups excluding tert-OH is 3. The highest BCUT2D eigenvalue weighted by molar-refractivity contribution is 7.80. The van der Waals surface area contributed by atoms with Gasteiger partial charge in [-0.2, -0.15) is 8.42 Å². The van der Waals surface area contributed by atoms with Crippen LogP contribution in [-0.2, 0) is 38.3 Å². The quantitative estimate of drug-likeness (QED) is 0.0197. The van der Waals surface area contributed by atoms with Gasteiger partial charge in [0.25, 0.3) is 0 Å². The van der Waals surface area contributed by atoms with Crippen molar-refractivity contribution in [2.24, 2.45) is 0 Å². The van der Waals surface area contributed by atoms with Gasteiger partial charge in [-0.25, -0.2) is 4.18 Å². The second-order valence-corrected chi connectivity index (χ2v) is 18.5. The molecule has 1 aliphatic rings.